The Morgan fingerprint density at radius 3 is 2.57 bits per heavy atom. The Labute approximate surface area is 170 Å². The molecule has 0 aliphatic heterocycles. The lowest BCUT2D eigenvalue weighted by atomic mass is 10.1. The van der Waals surface area contributed by atoms with Gasteiger partial charge in [0.1, 0.15) is 0 Å². The van der Waals surface area contributed by atoms with Gasteiger partial charge in [-0.05, 0) is 26.7 Å². The molecule has 150 valence electrons. The number of carbonyl (C=O) groups excluding carboxylic acids is 1. The van der Waals surface area contributed by atoms with Gasteiger partial charge in [-0.1, -0.05) is 61.5 Å². The van der Waals surface area contributed by atoms with Crippen molar-refractivity contribution in [2.24, 2.45) is 0 Å². The zero-order valence-corrected chi connectivity index (χ0v) is 17.5. The molecule has 2 rings (SSSR count). The zero-order valence-electron chi connectivity index (χ0n) is 16.6. The number of nitrogens with zero attached hydrogens (tertiary/aromatic N) is 2. The number of rotatable bonds is 11. The van der Waals surface area contributed by atoms with Crippen molar-refractivity contribution in [3.8, 4) is 11.3 Å². The summed E-state index contributed by atoms with van der Waals surface area (Å²) in [5.41, 5.74) is 2.09. The molecular formula is C22H28N2O3S. The highest BCUT2D eigenvalue weighted by Crippen LogP contribution is 2.21. The second-order valence-electron chi connectivity index (χ2n) is 6.55. The van der Waals surface area contributed by atoms with Crippen LogP contribution in [0.25, 0.3) is 11.3 Å². The van der Waals surface area contributed by atoms with Gasteiger partial charge in [-0.2, -0.15) is 0 Å². The minimum atomic E-state index is -0.322. The van der Waals surface area contributed by atoms with E-state index in [9.17, 15) is 9.59 Å². The molecule has 0 radical (unpaired) electrons. The highest BCUT2D eigenvalue weighted by molar-refractivity contribution is 7.99. The second kappa shape index (κ2) is 11.5. The van der Waals surface area contributed by atoms with Gasteiger partial charge in [-0.3, -0.25) is 9.36 Å². The van der Waals surface area contributed by atoms with E-state index < -0.39 is 0 Å². The number of hydrogen-bond donors (Lipinski definition) is 0. The number of ether oxygens (including phenoxy) is 1. The quantitative estimate of drug-likeness (QED) is 0.180. The van der Waals surface area contributed by atoms with Crippen LogP contribution in [0.1, 0.15) is 39.5 Å². The standard InChI is InChI=1S/C22H28N2O3S/c1-4-24-20(25)16-19(18-12-8-7-9-13-18)23-22(24)28-15-11-6-5-10-14-27-21(26)17(2)3/h7-9,12-13,16H,2,4-6,10-11,14-15H2,1,3H3. The monoisotopic (exact) mass is 400 g/mol. The molecule has 0 spiro atoms. The maximum atomic E-state index is 12.4. The molecule has 0 amide bonds. The Balaban J connectivity index is 1.83. The maximum Gasteiger partial charge on any atom is 0.333 e. The van der Waals surface area contributed by atoms with Gasteiger partial charge in [0.25, 0.3) is 5.56 Å². The molecule has 0 saturated carbocycles. The molecule has 0 fully saturated rings. The maximum absolute atomic E-state index is 12.4. The van der Waals surface area contributed by atoms with E-state index in [4.69, 9.17) is 9.72 Å². The minimum Gasteiger partial charge on any atom is -0.462 e. The van der Waals surface area contributed by atoms with Crippen molar-refractivity contribution in [2.75, 3.05) is 12.4 Å². The summed E-state index contributed by atoms with van der Waals surface area (Å²) in [4.78, 5) is 28.4. The van der Waals surface area contributed by atoms with Crippen LogP contribution in [-0.2, 0) is 16.1 Å². The Hall–Kier alpha value is -2.34. The van der Waals surface area contributed by atoms with Crippen LogP contribution in [-0.4, -0.2) is 27.9 Å². The molecule has 0 bridgehead atoms. The van der Waals surface area contributed by atoms with Crippen molar-refractivity contribution in [1.82, 2.24) is 9.55 Å². The van der Waals surface area contributed by atoms with E-state index in [2.05, 4.69) is 6.58 Å². The normalized spacial score (nSPS) is 10.6. The van der Waals surface area contributed by atoms with Gasteiger partial charge in [-0.15, -0.1) is 0 Å². The smallest absolute Gasteiger partial charge is 0.333 e. The van der Waals surface area contributed by atoms with E-state index in [1.54, 1.807) is 29.3 Å². The van der Waals surface area contributed by atoms with Crippen molar-refractivity contribution in [1.29, 1.82) is 0 Å². The van der Waals surface area contributed by atoms with Crippen molar-refractivity contribution >= 4 is 17.7 Å². The molecular weight excluding hydrogens is 372 g/mol. The molecule has 0 atom stereocenters. The second-order valence-corrected chi connectivity index (χ2v) is 7.61. The van der Waals surface area contributed by atoms with E-state index in [0.717, 1.165) is 47.8 Å². The first-order valence-corrected chi connectivity index (χ1v) is 10.6. The third-order valence-electron chi connectivity index (χ3n) is 4.21. The van der Waals surface area contributed by atoms with Gasteiger partial charge >= 0.3 is 5.97 Å². The average molecular weight is 401 g/mol. The Kier molecular flexibility index (Phi) is 9.01. The van der Waals surface area contributed by atoms with Crippen LogP contribution in [0.15, 0.2) is 58.5 Å². The van der Waals surface area contributed by atoms with Crippen molar-refractivity contribution in [2.45, 2.75) is 51.2 Å². The van der Waals surface area contributed by atoms with Crippen LogP contribution >= 0.6 is 11.8 Å². The predicted octanol–water partition coefficient (Wildman–Crippen LogP) is 4.70. The van der Waals surface area contributed by atoms with Crippen LogP contribution in [0, 0.1) is 0 Å². The van der Waals surface area contributed by atoms with Gasteiger partial charge in [0, 0.05) is 29.5 Å². The molecule has 28 heavy (non-hydrogen) atoms. The van der Waals surface area contributed by atoms with Crippen molar-refractivity contribution in [3.63, 3.8) is 0 Å². The Bertz CT molecular complexity index is 847. The topological polar surface area (TPSA) is 61.2 Å². The van der Waals surface area contributed by atoms with Gasteiger partial charge < -0.3 is 4.74 Å². The largest absolute Gasteiger partial charge is 0.462 e. The summed E-state index contributed by atoms with van der Waals surface area (Å²) in [6.45, 7) is 8.22. The van der Waals surface area contributed by atoms with Gasteiger partial charge in [0.05, 0.1) is 12.3 Å². The predicted molar refractivity (Wildman–Crippen MR) is 115 cm³/mol. The number of aromatic nitrogens is 2. The van der Waals surface area contributed by atoms with E-state index in [-0.39, 0.29) is 11.5 Å². The Morgan fingerprint density at radius 2 is 1.89 bits per heavy atom. The molecule has 6 heteroatoms. The van der Waals surface area contributed by atoms with E-state index in [1.807, 2.05) is 37.3 Å². The molecule has 0 unspecified atom stereocenters. The summed E-state index contributed by atoms with van der Waals surface area (Å²) < 4.78 is 6.80. The first-order valence-electron chi connectivity index (χ1n) is 9.65. The molecule has 1 aromatic heterocycles. The summed E-state index contributed by atoms with van der Waals surface area (Å²) in [5, 5.41) is 0.768. The fraction of sp³-hybridized carbons (Fsp3) is 0.409. The van der Waals surface area contributed by atoms with Crippen LogP contribution < -0.4 is 5.56 Å². The SMILES string of the molecule is C=C(C)C(=O)OCCCCCCSc1nc(-c2ccccc2)cc(=O)n1CC. The first kappa shape index (κ1) is 22.0. The lowest BCUT2D eigenvalue weighted by molar-refractivity contribution is -0.139. The molecule has 1 aromatic carbocycles. The molecule has 1 heterocycles. The number of benzene rings is 1. The van der Waals surface area contributed by atoms with Crippen LogP contribution in [0.3, 0.4) is 0 Å². The number of esters is 1. The van der Waals surface area contributed by atoms with Crippen LogP contribution in [0.4, 0.5) is 0 Å². The number of hydrogen-bond acceptors (Lipinski definition) is 5. The minimum absolute atomic E-state index is 0.0156. The molecule has 2 aromatic rings. The third kappa shape index (κ3) is 6.68. The number of thioether (sulfide) groups is 1. The lowest BCUT2D eigenvalue weighted by Gasteiger charge is -2.11. The Morgan fingerprint density at radius 1 is 1.18 bits per heavy atom. The van der Waals surface area contributed by atoms with Gasteiger partial charge in [0.15, 0.2) is 5.16 Å². The molecule has 5 nitrogen and oxygen atoms in total. The zero-order chi connectivity index (χ0) is 20.4. The first-order chi connectivity index (χ1) is 13.5. The summed E-state index contributed by atoms with van der Waals surface area (Å²) in [6.07, 6.45) is 3.92. The molecule has 0 N–H and O–H groups in total. The molecule has 0 aliphatic carbocycles. The summed E-state index contributed by atoms with van der Waals surface area (Å²) in [5.74, 6) is 0.577. The van der Waals surface area contributed by atoms with E-state index in [1.165, 1.54) is 0 Å². The van der Waals surface area contributed by atoms with Crippen molar-refractivity contribution in [3.05, 3.63) is 58.9 Å². The van der Waals surface area contributed by atoms with E-state index >= 15 is 0 Å². The average Bonchev–Trinajstić information content (AvgIpc) is 2.70. The van der Waals surface area contributed by atoms with Gasteiger partial charge in [0.2, 0.25) is 0 Å². The lowest BCUT2D eigenvalue weighted by Crippen LogP contribution is -2.21. The summed E-state index contributed by atoms with van der Waals surface area (Å²) >= 11 is 1.62. The van der Waals surface area contributed by atoms with Crippen LogP contribution in [0.5, 0.6) is 0 Å². The van der Waals surface area contributed by atoms with Gasteiger partial charge in [-0.25, -0.2) is 9.78 Å². The molecule has 0 aliphatic rings. The van der Waals surface area contributed by atoms with Crippen molar-refractivity contribution < 1.29 is 9.53 Å². The third-order valence-corrected chi connectivity index (χ3v) is 5.27. The van der Waals surface area contributed by atoms with E-state index in [0.29, 0.717) is 18.7 Å². The van der Waals surface area contributed by atoms with Crippen LogP contribution in [0.2, 0.25) is 0 Å². The number of unbranched alkanes of at least 4 members (excludes halogenated alkanes) is 3. The number of carbonyl (C=O) groups is 1. The highest BCUT2D eigenvalue weighted by Gasteiger charge is 2.09. The summed E-state index contributed by atoms with van der Waals surface area (Å²) in [6, 6.07) is 11.4. The molecule has 0 saturated heterocycles. The fourth-order valence-corrected chi connectivity index (χ4v) is 3.72. The highest BCUT2D eigenvalue weighted by atomic mass is 32.2. The fourth-order valence-electron chi connectivity index (χ4n) is 2.65. The summed E-state index contributed by atoms with van der Waals surface area (Å²) in [7, 11) is 0.